The van der Waals surface area contributed by atoms with Crippen LogP contribution < -0.4 is 4.74 Å². The highest BCUT2D eigenvalue weighted by molar-refractivity contribution is 5.73. The van der Waals surface area contributed by atoms with E-state index in [1.54, 1.807) is 19.5 Å². The number of fused-ring (bicyclic) bond motifs is 1. The van der Waals surface area contributed by atoms with Crippen molar-refractivity contribution in [3.05, 3.63) is 78.5 Å². The summed E-state index contributed by atoms with van der Waals surface area (Å²) in [5.74, 6) is 1.76. The van der Waals surface area contributed by atoms with E-state index >= 15 is 0 Å². The van der Waals surface area contributed by atoms with Gasteiger partial charge in [0.2, 0.25) is 0 Å². The van der Waals surface area contributed by atoms with Gasteiger partial charge in [-0.25, -0.2) is 9.97 Å². The van der Waals surface area contributed by atoms with Gasteiger partial charge in [-0.05, 0) is 30.3 Å². The van der Waals surface area contributed by atoms with Crippen LogP contribution in [-0.4, -0.2) is 26.6 Å². The minimum Gasteiger partial charge on any atom is -0.496 e. The van der Waals surface area contributed by atoms with E-state index in [-0.39, 0.29) is 0 Å². The average Bonchev–Trinajstić information content (AvgIpc) is 3.00. The van der Waals surface area contributed by atoms with Crippen LogP contribution in [0.5, 0.6) is 5.75 Å². The first kappa shape index (κ1) is 14.4. The first-order valence-electron chi connectivity index (χ1n) is 7.71. The van der Waals surface area contributed by atoms with E-state index in [1.165, 1.54) is 0 Å². The van der Waals surface area contributed by atoms with E-state index in [2.05, 4.69) is 20.6 Å². The van der Waals surface area contributed by atoms with Gasteiger partial charge >= 0.3 is 0 Å². The second kappa shape index (κ2) is 6.12. The van der Waals surface area contributed by atoms with Crippen molar-refractivity contribution in [3.63, 3.8) is 0 Å². The average molecular weight is 316 g/mol. The molecule has 3 heterocycles. The van der Waals surface area contributed by atoms with Gasteiger partial charge in [-0.2, -0.15) is 0 Å². The fourth-order valence-electron chi connectivity index (χ4n) is 2.85. The Balaban J connectivity index is 1.89. The van der Waals surface area contributed by atoms with Crippen LogP contribution in [0.2, 0.25) is 0 Å². The SMILES string of the molecule is COc1ccccc1Cc1nc2cccnc2n1-c1cccnc1. The van der Waals surface area contributed by atoms with Crippen molar-refractivity contribution in [1.82, 2.24) is 19.5 Å². The molecule has 0 aliphatic carbocycles. The summed E-state index contributed by atoms with van der Waals surface area (Å²) < 4.78 is 7.52. The number of para-hydroxylation sites is 1. The van der Waals surface area contributed by atoms with Crippen LogP contribution >= 0.6 is 0 Å². The zero-order chi connectivity index (χ0) is 16.4. The lowest BCUT2D eigenvalue weighted by molar-refractivity contribution is 0.410. The van der Waals surface area contributed by atoms with Gasteiger partial charge in [0.25, 0.3) is 0 Å². The summed E-state index contributed by atoms with van der Waals surface area (Å²) in [6.07, 6.45) is 6.01. The zero-order valence-electron chi connectivity index (χ0n) is 13.3. The van der Waals surface area contributed by atoms with E-state index in [1.807, 2.05) is 48.7 Å². The molecule has 0 atom stereocenters. The molecule has 24 heavy (non-hydrogen) atoms. The smallest absolute Gasteiger partial charge is 0.164 e. The van der Waals surface area contributed by atoms with E-state index in [9.17, 15) is 0 Å². The lowest BCUT2D eigenvalue weighted by Gasteiger charge is -2.10. The number of nitrogens with zero attached hydrogens (tertiary/aromatic N) is 4. The van der Waals surface area contributed by atoms with Gasteiger partial charge in [-0.15, -0.1) is 0 Å². The molecule has 0 aliphatic heterocycles. The fourth-order valence-corrected chi connectivity index (χ4v) is 2.85. The lowest BCUT2D eigenvalue weighted by Crippen LogP contribution is -2.04. The number of methoxy groups -OCH3 is 1. The normalized spacial score (nSPS) is 10.9. The quantitative estimate of drug-likeness (QED) is 0.579. The summed E-state index contributed by atoms with van der Waals surface area (Å²) in [4.78, 5) is 13.5. The molecule has 3 aromatic heterocycles. The molecule has 5 nitrogen and oxygen atoms in total. The third-order valence-electron chi connectivity index (χ3n) is 3.93. The minimum absolute atomic E-state index is 0.648. The van der Waals surface area contributed by atoms with Gasteiger partial charge in [0.15, 0.2) is 5.65 Å². The number of pyridine rings is 2. The van der Waals surface area contributed by atoms with Crippen molar-refractivity contribution in [2.24, 2.45) is 0 Å². The molecule has 0 saturated carbocycles. The van der Waals surface area contributed by atoms with Gasteiger partial charge in [0, 0.05) is 24.4 Å². The van der Waals surface area contributed by atoms with Crippen LogP contribution in [-0.2, 0) is 6.42 Å². The molecular formula is C19H16N4O. The highest BCUT2D eigenvalue weighted by atomic mass is 16.5. The third kappa shape index (κ3) is 2.50. The van der Waals surface area contributed by atoms with E-state index in [0.29, 0.717) is 6.42 Å². The molecule has 0 fully saturated rings. The Hall–Kier alpha value is -3.21. The second-order valence-electron chi connectivity index (χ2n) is 5.41. The molecule has 0 unspecified atom stereocenters. The van der Waals surface area contributed by atoms with Crippen LogP contribution in [0.3, 0.4) is 0 Å². The van der Waals surface area contributed by atoms with Gasteiger partial charge in [0.05, 0.1) is 19.0 Å². The summed E-state index contributed by atoms with van der Waals surface area (Å²) in [6, 6.07) is 15.8. The third-order valence-corrected chi connectivity index (χ3v) is 3.93. The minimum atomic E-state index is 0.648. The summed E-state index contributed by atoms with van der Waals surface area (Å²) in [7, 11) is 1.69. The van der Waals surface area contributed by atoms with Gasteiger partial charge < -0.3 is 4.74 Å². The van der Waals surface area contributed by atoms with Crippen molar-refractivity contribution >= 4 is 11.2 Å². The lowest BCUT2D eigenvalue weighted by atomic mass is 10.1. The fraction of sp³-hybridized carbons (Fsp3) is 0.105. The standard InChI is InChI=1S/C19H16N4O/c1-24-17-9-3-2-6-14(17)12-18-22-16-8-5-11-21-19(16)23(18)15-7-4-10-20-13-15/h2-11,13H,12H2,1H3. The summed E-state index contributed by atoms with van der Waals surface area (Å²) in [5.41, 5.74) is 3.73. The predicted octanol–water partition coefficient (Wildman–Crippen LogP) is 3.41. The highest BCUT2D eigenvalue weighted by Crippen LogP contribution is 2.25. The van der Waals surface area contributed by atoms with Crippen LogP contribution in [0.15, 0.2) is 67.1 Å². The Bertz CT molecular complexity index is 979. The molecular weight excluding hydrogens is 300 g/mol. The number of hydrogen-bond donors (Lipinski definition) is 0. The topological polar surface area (TPSA) is 52.8 Å². The molecule has 0 amide bonds. The zero-order valence-corrected chi connectivity index (χ0v) is 13.3. The van der Waals surface area contributed by atoms with E-state index < -0.39 is 0 Å². The Labute approximate surface area is 139 Å². The van der Waals surface area contributed by atoms with Crippen LogP contribution in [0, 0.1) is 0 Å². The summed E-state index contributed by atoms with van der Waals surface area (Å²) >= 11 is 0. The summed E-state index contributed by atoms with van der Waals surface area (Å²) in [5, 5.41) is 0. The molecule has 118 valence electrons. The van der Waals surface area contributed by atoms with Crippen molar-refractivity contribution in [2.75, 3.05) is 7.11 Å². The Morgan fingerprint density at radius 3 is 2.71 bits per heavy atom. The maximum Gasteiger partial charge on any atom is 0.164 e. The maximum absolute atomic E-state index is 5.47. The van der Waals surface area contributed by atoms with Gasteiger partial charge in [0.1, 0.15) is 17.1 Å². The molecule has 0 aliphatic rings. The predicted molar refractivity (Wildman–Crippen MR) is 92.5 cm³/mol. The van der Waals surface area contributed by atoms with Crippen LogP contribution in [0.4, 0.5) is 0 Å². The number of rotatable bonds is 4. The van der Waals surface area contributed by atoms with Crippen LogP contribution in [0.25, 0.3) is 16.9 Å². The molecule has 5 heteroatoms. The Morgan fingerprint density at radius 1 is 1.00 bits per heavy atom. The summed E-state index contributed by atoms with van der Waals surface area (Å²) in [6.45, 7) is 0. The molecule has 0 radical (unpaired) electrons. The molecule has 0 saturated heterocycles. The largest absolute Gasteiger partial charge is 0.496 e. The van der Waals surface area contributed by atoms with Gasteiger partial charge in [-0.1, -0.05) is 18.2 Å². The Morgan fingerprint density at radius 2 is 1.88 bits per heavy atom. The molecule has 4 aromatic rings. The van der Waals surface area contributed by atoms with Crippen molar-refractivity contribution < 1.29 is 4.74 Å². The first-order chi connectivity index (χ1) is 11.9. The van der Waals surface area contributed by atoms with E-state index in [0.717, 1.165) is 34.0 Å². The number of hydrogen-bond acceptors (Lipinski definition) is 4. The molecule has 0 N–H and O–H groups in total. The Kier molecular flexibility index (Phi) is 3.67. The van der Waals surface area contributed by atoms with Crippen molar-refractivity contribution in [3.8, 4) is 11.4 Å². The molecule has 0 bridgehead atoms. The van der Waals surface area contributed by atoms with Gasteiger partial charge in [-0.3, -0.25) is 9.55 Å². The van der Waals surface area contributed by atoms with Crippen LogP contribution in [0.1, 0.15) is 11.4 Å². The monoisotopic (exact) mass is 316 g/mol. The molecule has 0 spiro atoms. The number of aromatic nitrogens is 4. The number of imidazole rings is 1. The van der Waals surface area contributed by atoms with Crippen molar-refractivity contribution in [2.45, 2.75) is 6.42 Å². The van der Waals surface area contributed by atoms with Crippen molar-refractivity contribution in [1.29, 1.82) is 0 Å². The molecule has 4 rings (SSSR count). The first-order valence-corrected chi connectivity index (χ1v) is 7.71. The molecule has 1 aromatic carbocycles. The number of benzene rings is 1. The highest BCUT2D eigenvalue weighted by Gasteiger charge is 2.15. The van der Waals surface area contributed by atoms with E-state index in [4.69, 9.17) is 9.72 Å². The second-order valence-corrected chi connectivity index (χ2v) is 5.41. The number of ether oxygens (including phenoxy) is 1. The maximum atomic E-state index is 5.47.